The number of amides is 1. The molecule has 5 rings (SSSR count). The summed E-state index contributed by atoms with van der Waals surface area (Å²) in [7, 11) is 0. The molecule has 2 aliphatic carbocycles. The van der Waals surface area contributed by atoms with Gasteiger partial charge in [0.1, 0.15) is 0 Å². The van der Waals surface area contributed by atoms with Gasteiger partial charge in [-0.3, -0.25) is 14.4 Å². The Hall–Kier alpha value is -3.03. The quantitative estimate of drug-likeness (QED) is 0.285. The zero-order valence-corrected chi connectivity index (χ0v) is 22.5. The Balaban J connectivity index is 1.23. The van der Waals surface area contributed by atoms with E-state index in [1.54, 1.807) is 23.5 Å². The van der Waals surface area contributed by atoms with Crippen molar-refractivity contribution >= 4 is 39.1 Å². The second-order valence-corrected chi connectivity index (χ2v) is 12.0. The van der Waals surface area contributed by atoms with Crippen LogP contribution in [0.4, 0.5) is 0 Å². The van der Waals surface area contributed by atoms with Crippen molar-refractivity contribution in [1.82, 2.24) is 10.6 Å². The summed E-state index contributed by atoms with van der Waals surface area (Å²) >= 11 is 1.64. The van der Waals surface area contributed by atoms with Crippen molar-refractivity contribution in [3.05, 3.63) is 70.6 Å². The molecule has 2 fully saturated rings. The van der Waals surface area contributed by atoms with Gasteiger partial charge in [0, 0.05) is 35.3 Å². The summed E-state index contributed by atoms with van der Waals surface area (Å²) in [4.78, 5) is 37.7. The molecule has 1 aromatic heterocycles. The number of thiophene rings is 1. The number of fused-ring (bicyclic) bond motifs is 1. The number of carboxylic acids is 1. The van der Waals surface area contributed by atoms with E-state index in [2.05, 4.69) is 28.8 Å². The summed E-state index contributed by atoms with van der Waals surface area (Å²) in [6.07, 6.45) is 9.02. The summed E-state index contributed by atoms with van der Waals surface area (Å²) in [6, 6.07) is 18.1. The molecule has 2 atom stereocenters. The molecular weight excluding hydrogens is 496 g/mol. The lowest BCUT2D eigenvalue weighted by Gasteiger charge is -2.48. The minimum Gasteiger partial charge on any atom is -0.481 e. The van der Waals surface area contributed by atoms with Crippen molar-refractivity contribution in [2.45, 2.75) is 70.4 Å². The highest BCUT2D eigenvalue weighted by Gasteiger charge is 2.47. The smallest absolute Gasteiger partial charge is 0.305 e. The zero-order chi connectivity index (χ0) is 26.5. The molecule has 2 saturated carbocycles. The molecule has 2 aromatic carbocycles. The molecule has 1 heterocycles. The number of hydrogen-bond donors (Lipinski definition) is 3. The van der Waals surface area contributed by atoms with Gasteiger partial charge >= 0.3 is 5.97 Å². The highest BCUT2D eigenvalue weighted by molar-refractivity contribution is 7.20. The van der Waals surface area contributed by atoms with Crippen LogP contribution in [0.1, 0.15) is 83.4 Å². The Morgan fingerprint density at radius 3 is 2.47 bits per heavy atom. The van der Waals surface area contributed by atoms with Crippen molar-refractivity contribution in [2.75, 3.05) is 6.54 Å². The standard InChI is InChI=1S/C31H36N2O4S/c34-28(35)13-17-32-30(37)22-10-8-21(9-11-22)20-33-24-12-16-31(14-4-1-5-15-31)25(19-24)29(36)27-18-23-6-2-3-7-26(23)38-27/h2-3,6-11,18,24-25,33H,1,4-5,12-17,19-20H2,(H,32,37)(H,34,35). The molecule has 0 radical (unpaired) electrons. The van der Waals surface area contributed by atoms with Crippen molar-refractivity contribution < 1.29 is 19.5 Å². The average molecular weight is 533 g/mol. The maximum atomic E-state index is 14.0. The third-order valence-electron chi connectivity index (χ3n) is 8.52. The number of carbonyl (C=O) groups excluding carboxylic acids is 2. The first-order valence-electron chi connectivity index (χ1n) is 13.8. The van der Waals surface area contributed by atoms with E-state index < -0.39 is 5.97 Å². The average Bonchev–Trinajstić information content (AvgIpc) is 3.37. The number of carboxylic acid groups (broad SMARTS) is 1. The second-order valence-electron chi connectivity index (χ2n) is 10.9. The lowest BCUT2D eigenvalue weighted by molar-refractivity contribution is -0.136. The summed E-state index contributed by atoms with van der Waals surface area (Å²) in [5.74, 6) is -0.813. The van der Waals surface area contributed by atoms with E-state index in [9.17, 15) is 14.4 Å². The van der Waals surface area contributed by atoms with Crippen LogP contribution in [0.25, 0.3) is 10.1 Å². The van der Waals surface area contributed by atoms with Crippen LogP contribution in [0.5, 0.6) is 0 Å². The minimum absolute atomic E-state index is 0.0546. The predicted octanol–water partition coefficient (Wildman–Crippen LogP) is 6.20. The van der Waals surface area contributed by atoms with Crippen LogP contribution in [0.15, 0.2) is 54.6 Å². The number of nitrogens with one attached hydrogen (secondary N) is 2. The summed E-state index contributed by atoms with van der Waals surface area (Å²) in [5.41, 5.74) is 1.74. The molecule has 0 bridgehead atoms. The maximum absolute atomic E-state index is 14.0. The Labute approximate surface area is 227 Å². The Bertz CT molecular complexity index is 1260. The lowest BCUT2D eigenvalue weighted by atomic mass is 9.57. The Kier molecular flexibility index (Phi) is 8.24. The molecule has 1 amide bonds. The normalized spacial score (nSPS) is 20.8. The van der Waals surface area contributed by atoms with E-state index in [0.29, 0.717) is 17.9 Å². The van der Waals surface area contributed by atoms with E-state index >= 15 is 0 Å². The first-order valence-corrected chi connectivity index (χ1v) is 14.6. The molecule has 2 aliphatic rings. The van der Waals surface area contributed by atoms with Gasteiger partial charge in [-0.2, -0.15) is 0 Å². The fourth-order valence-corrected chi connectivity index (χ4v) is 7.47. The number of benzene rings is 2. The van der Waals surface area contributed by atoms with Gasteiger partial charge in [0.2, 0.25) is 0 Å². The number of ketones is 1. The molecule has 0 saturated heterocycles. The summed E-state index contributed by atoms with van der Waals surface area (Å²) in [6.45, 7) is 0.796. The molecule has 7 heteroatoms. The van der Waals surface area contributed by atoms with Gasteiger partial charge in [-0.25, -0.2) is 0 Å². The van der Waals surface area contributed by atoms with Gasteiger partial charge in [-0.15, -0.1) is 11.3 Å². The van der Waals surface area contributed by atoms with Gasteiger partial charge in [0.05, 0.1) is 11.3 Å². The molecule has 6 nitrogen and oxygen atoms in total. The van der Waals surface area contributed by atoms with Gasteiger partial charge < -0.3 is 15.7 Å². The van der Waals surface area contributed by atoms with Gasteiger partial charge in [0.25, 0.3) is 5.91 Å². The van der Waals surface area contributed by atoms with E-state index in [0.717, 1.165) is 47.9 Å². The number of Topliss-reactive ketones (excluding diaryl/α,β-unsaturated/α-hetero) is 1. The molecule has 1 spiro atoms. The Morgan fingerprint density at radius 1 is 0.974 bits per heavy atom. The summed E-state index contributed by atoms with van der Waals surface area (Å²) in [5, 5.41) is 16.2. The second kappa shape index (κ2) is 11.8. The van der Waals surface area contributed by atoms with E-state index in [1.807, 2.05) is 24.3 Å². The lowest BCUT2D eigenvalue weighted by Crippen LogP contribution is -2.47. The Morgan fingerprint density at radius 2 is 1.74 bits per heavy atom. The largest absolute Gasteiger partial charge is 0.481 e. The highest BCUT2D eigenvalue weighted by atomic mass is 32.1. The maximum Gasteiger partial charge on any atom is 0.305 e. The predicted molar refractivity (Wildman–Crippen MR) is 151 cm³/mol. The number of carbonyl (C=O) groups is 3. The first kappa shape index (κ1) is 26.6. The van der Waals surface area contributed by atoms with Gasteiger partial charge in [0.15, 0.2) is 5.78 Å². The third kappa shape index (κ3) is 6.00. The van der Waals surface area contributed by atoms with E-state index in [1.165, 1.54) is 24.0 Å². The number of rotatable bonds is 9. The van der Waals surface area contributed by atoms with Crippen molar-refractivity contribution in [3.8, 4) is 0 Å². The molecule has 0 aliphatic heterocycles. The summed E-state index contributed by atoms with van der Waals surface area (Å²) < 4.78 is 1.18. The van der Waals surface area contributed by atoms with E-state index in [4.69, 9.17) is 5.11 Å². The fourth-order valence-electron chi connectivity index (χ4n) is 6.41. The minimum atomic E-state index is -0.934. The van der Waals surface area contributed by atoms with Gasteiger partial charge in [-0.05, 0) is 72.7 Å². The molecular formula is C31H36N2O4S. The first-order chi connectivity index (χ1) is 18.4. The molecule has 3 N–H and O–H groups in total. The van der Waals surface area contributed by atoms with Crippen LogP contribution in [0.3, 0.4) is 0 Å². The van der Waals surface area contributed by atoms with Crippen LogP contribution < -0.4 is 10.6 Å². The van der Waals surface area contributed by atoms with Crippen LogP contribution in [-0.4, -0.2) is 35.4 Å². The molecule has 3 aromatic rings. The third-order valence-corrected chi connectivity index (χ3v) is 9.65. The zero-order valence-electron chi connectivity index (χ0n) is 21.7. The van der Waals surface area contributed by atoms with Crippen LogP contribution in [0, 0.1) is 11.3 Å². The number of aliphatic carboxylic acids is 1. The van der Waals surface area contributed by atoms with Crippen LogP contribution in [-0.2, 0) is 11.3 Å². The monoisotopic (exact) mass is 532 g/mol. The van der Waals surface area contributed by atoms with Crippen molar-refractivity contribution in [2.24, 2.45) is 11.3 Å². The molecule has 200 valence electrons. The van der Waals surface area contributed by atoms with E-state index in [-0.39, 0.29) is 36.2 Å². The highest BCUT2D eigenvalue weighted by Crippen LogP contribution is 2.52. The van der Waals surface area contributed by atoms with Crippen LogP contribution >= 0.6 is 11.3 Å². The molecule has 2 unspecified atom stereocenters. The number of hydrogen-bond acceptors (Lipinski definition) is 5. The topological polar surface area (TPSA) is 95.5 Å². The SMILES string of the molecule is O=C(O)CCNC(=O)c1ccc(CNC2CCC3(CCCCC3)C(C(=O)c3cc4ccccc4s3)C2)cc1. The van der Waals surface area contributed by atoms with Crippen LogP contribution in [0.2, 0.25) is 0 Å². The van der Waals surface area contributed by atoms with Crippen molar-refractivity contribution in [3.63, 3.8) is 0 Å². The fraction of sp³-hybridized carbons (Fsp3) is 0.452. The van der Waals surface area contributed by atoms with Gasteiger partial charge in [-0.1, -0.05) is 49.6 Å². The van der Waals surface area contributed by atoms with Crippen molar-refractivity contribution in [1.29, 1.82) is 0 Å². The molecule has 38 heavy (non-hydrogen) atoms.